The third-order valence-electron chi connectivity index (χ3n) is 8.74. The van der Waals surface area contributed by atoms with Crippen molar-refractivity contribution in [3.63, 3.8) is 0 Å². The monoisotopic (exact) mass is 568 g/mol. The number of aromatic nitrogens is 4. The molecule has 1 aliphatic carbocycles. The van der Waals surface area contributed by atoms with E-state index >= 15 is 0 Å². The first-order chi connectivity index (χ1) is 21.2. The molecule has 0 atom stereocenters. The topological polar surface area (TPSA) is 90.8 Å². The first kappa shape index (κ1) is 25.9. The largest absolute Gasteiger partial charge is 0.457 e. The molecule has 1 aliphatic heterocycles. The number of pyridine rings is 1. The zero-order chi connectivity index (χ0) is 28.8. The summed E-state index contributed by atoms with van der Waals surface area (Å²) in [6.07, 6.45) is 5.91. The van der Waals surface area contributed by atoms with Crippen molar-refractivity contribution in [3.05, 3.63) is 103 Å². The fourth-order valence-corrected chi connectivity index (χ4v) is 6.42. The molecule has 1 saturated carbocycles. The van der Waals surface area contributed by atoms with Crippen LogP contribution >= 0.6 is 0 Å². The van der Waals surface area contributed by atoms with Gasteiger partial charge in [-0.2, -0.15) is 0 Å². The number of anilines is 1. The SMILES string of the molecule is Nc1nccn2c(C3CC(N4CCOCC4)C3)nc(-c3ccc4c(Oc5ccccc5)cc(-c5ccccc5)nc4c3)c12. The zero-order valence-electron chi connectivity index (χ0n) is 23.8. The van der Waals surface area contributed by atoms with Gasteiger partial charge in [-0.1, -0.05) is 54.6 Å². The smallest absolute Gasteiger partial charge is 0.150 e. The van der Waals surface area contributed by atoms with E-state index in [1.807, 2.05) is 60.8 Å². The lowest BCUT2D eigenvalue weighted by Crippen LogP contribution is -2.49. The van der Waals surface area contributed by atoms with Crippen molar-refractivity contribution in [3.8, 4) is 34.0 Å². The van der Waals surface area contributed by atoms with Crippen molar-refractivity contribution in [2.24, 2.45) is 0 Å². The average Bonchev–Trinajstić information content (AvgIpc) is 3.42. The first-order valence-corrected chi connectivity index (χ1v) is 14.9. The average molecular weight is 569 g/mol. The second-order valence-corrected chi connectivity index (χ2v) is 11.3. The van der Waals surface area contributed by atoms with Gasteiger partial charge in [-0.15, -0.1) is 0 Å². The molecule has 0 spiro atoms. The normalized spacial score (nSPS) is 19.0. The van der Waals surface area contributed by atoms with Gasteiger partial charge in [-0.05, 0) is 37.1 Å². The van der Waals surface area contributed by atoms with Crippen molar-refractivity contribution in [2.45, 2.75) is 24.8 Å². The highest BCUT2D eigenvalue weighted by atomic mass is 16.5. The number of para-hydroxylation sites is 1. The van der Waals surface area contributed by atoms with Crippen LogP contribution in [0.15, 0.2) is 97.3 Å². The molecule has 8 heteroatoms. The molecule has 2 aliphatic rings. The van der Waals surface area contributed by atoms with Crippen LogP contribution in [-0.4, -0.2) is 56.6 Å². The minimum atomic E-state index is 0.366. The summed E-state index contributed by atoms with van der Waals surface area (Å²) in [4.78, 5) is 17.3. The third kappa shape index (κ3) is 4.78. The van der Waals surface area contributed by atoms with E-state index in [0.717, 1.165) is 95.4 Å². The van der Waals surface area contributed by atoms with Gasteiger partial charge in [-0.3, -0.25) is 9.30 Å². The van der Waals surface area contributed by atoms with Crippen molar-refractivity contribution >= 4 is 22.2 Å². The first-order valence-electron chi connectivity index (χ1n) is 14.9. The van der Waals surface area contributed by atoms with E-state index in [9.17, 15) is 0 Å². The highest BCUT2D eigenvalue weighted by Crippen LogP contribution is 2.43. The Morgan fingerprint density at radius 1 is 0.837 bits per heavy atom. The van der Waals surface area contributed by atoms with Crippen LogP contribution in [0.2, 0.25) is 0 Å². The van der Waals surface area contributed by atoms with Crippen molar-refractivity contribution < 1.29 is 9.47 Å². The highest BCUT2D eigenvalue weighted by Gasteiger charge is 2.38. The van der Waals surface area contributed by atoms with E-state index in [1.165, 1.54) is 0 Å². The van der Waals surface area contributed by atoms with Gasteiger partial charge in [0.05, 0.1) is 24.4 Å². The molecule has 2 N–H and O–H groups in total. The molecular weight excluding hydrogens is 536 g/mol. The van der Waals surface area contributed by atoms with Crippen LogP contribution in [0.4, 0.5) is 5.82 Å². The van der Waals surface area contributed by atoms with Crippen LogP contribution in [0.5, 0.6) is 11.5 Å². The lowest BCUT2D eigenvalue weighted by molar-refractivity contribution is -0.00778. The Morgan fingerprint density at radius 2 is 1.60 bits per heavy atom. The molecule has 43 heavy (non-hydrogen) atoms. The Hall–Kier alpha value is -4.79. The summed E-state index contributed by atoms with van der Waals surface area (Å²) < 4.78 is 14.1. The van der Waals surface area contributed by atoms with Crippen molar-refractivity contribution in [1.82, 2.24) is 24.3 Å². The van der Waals surface area contributed by atoms with Gasteiger partial charge in [0.15, 0.2) is 0 Å². The van der Waals surface area contributed by atoms with Gasteiger partial charge < -0.3 is 15.2 Å². The molecule has 0 radical (unpaired) electrons. The molecule has 0 bridgehead atoms. The maximum absolute atomic E-state index is 6.50. The van der Waals surface area contributed by atoms with Gasteiger partial charge >= 0.3 is 0 Å². The number of fused-ring (bicyclic) bond motifs is 2. The number of rotatable bonds is 6. The van der Waals surface area contributed by atoms with Crippen LogP contribution in [0.3, 0.4) is 0 Å². The fourth-order valence-electron chi connectivity index (χ4n) is 6.42. The Kier molecular flexibility index (Phi) is 6.50. The molecule has 4 heterocycles. The molecule has 3 aromatic heterocycles. The van der Waals surface area contributed by atoms with Gasteiger partial charge in [-0.25, -0.2) is 15.0 Å². The maximum atomic E-state index is 6.50. The molecule has 0 amide bonds. The summed E-state index contributed by atoms with van der Waals surface area (Å²) in [6.45, 7) is 3.65. The Morgan fingerprint density at radius 3 is 2.40 bits per heavy atom. The molecule has 8 nitrogen and oxygen atoms in total. The molecule has 6 aromatic rings. The Balaban J connectivity index is 1.21. The number of nitrogens with zero attached hydrogens (tertiary/aromatic N) is 5. The minimum Gasteiger partial charge on any atom is -0.457 e. The van der Waals surface area contributed by atoms with E-state index in [-0.39, 0.29) is 0 Å². The molecule has 1 saturated heterocycles. The van der Waals surface area contributed by atoms with Crippen molar-refractivity contribution in [1.29, 1.82) is 0 Å². The molecule has 0 unspecified atom stereocenters. The fraction of sp³-hybridized carbons (Fsp3) is 0.229. The van der Waals surface area contributed by atoms with Gasteiger partial charge in [0.2, 0.25) is 0 Å². The highest BCUT2D eigenvalue weighted by molar-refractivity contribution is 5.94. The molecule has 8 rings (SSSR count). The van der Waals surface area contributed by atoms with Gasteiger partial charge in [0.25, 0.3) is 0 Å². The minimum absolute atomic E-state index is 0.366. The van der Waals surface area contributed by atoms with Gasteiger partial charge in [0, 0.05) is 60.0 Å². The standard InChI is InChI=1S/C35H32N6O2/c36-34-33-32(39-35(41(33)14-13-37-34)25-19-26(20-25)40-15-17-42-18-16-40)24-11-12-28-30(21-24)38-29(23-7-3-1-4-8-23)22-31(28)43-27-9-5-2-6-10-27/h1-14,21-22,25-26H,15-20H2,(H2,36,37). The summed E-state index contributed by atoms with van der Waals surface area (Å²) in [6, 6.07) is 28.9. The lowest BCUT2D eigenvalue weighted by Gasteiger charge is -2.43. The van der Waals surface area contributed by atoms with Crippen LogP contribution < -0.4 is 10.5 Å². The molecule has 3 aromatic carbocycles. The molecule has 2 fully saturated rings. The predicted octanol–water partition coefficient (Wildman–Crippen LogP) is 6.56. The summed E-state index contributed by atoms with van der Waals surface area (Å²) in [5.74, 6) is 3.41. The number of hydrogen-bond acceptors (Lipinski definition) is 7. The summed E-state index contributed by atoms with van der Waals surface area (Å²) in [5, 5.41) is 0.925. The van der Waals surface area contributed by atoms with E-state index in [2.05, 4.69) is 44.6 Å². The van der Waals surface area contributed by atoms with Crippen LogP contribution in [0.1, 0.15) is 24.6 Å². The van der Waals surface area contributed by atoms with E-state index in [1.54, 1.807) is 6.20 Å². The van der Waals surface area contributed by atoms with Crippen molar-refractivity contribution in [2.75, 3.05) is 32.0 Å². The number of morpholine rings is 1. The summed E-state index contributed by atoms with van der Waals surface area (Å²) in [7, 11) is 0. The van der Waals surface area contributed by atoms with Crippen LogP contribution in [0, 0.1) is 0 Å². The predicted molar refractivity (Wildman–Crippen MR) is 168 cm³/mol. The number of nitrogens with two attached hydrogens (primary N) is 1. The second-order valence-electron chi connectivity index (χ2n) is 11.3. The third-order valence-corrected chi connectivity index (χ3v) is 8.74. The van der Waals surface area contributed by atoms with Crippen LogP contribution in [-0.2, 0) is 4.74 Å². The number of benzene rings is 3. The summed E-state index contributed by atoms with van der Waals surface area (Å²) >= 11 is 0. The van der Waals surface area contributed by atoms with E-state index in [0.29, 0.717) is 17.8 Å². The number of imidazole rings is 1. The quantitative estimate of drug-likeness (QED) is 0.243. The van der Waals surface area contributed by atoms with E-state index in [4.69, 9.17) is 25.2 Å². The second kappa shape index (κ2) is 10.8. The van der Waals surface area contributed by atoms with Gasteiger partial charge in [0.1, 0.15) is 34.4 Å². The molecule has 214 valence electrons. The maximum Gasteiger partial charge on any atom is 0.150 e. The number of hydrogen-bond donors (Lipinski definition) is 1. The van der Waals surface area contributed by atoms with E-state index < -0.39 is 0 Å². The zero-order valence-corrected chi connectivity index (χ0v) is 23.8. The summed E-state index contributed by atoms with van der Waals surface area (Å²) in [5.41, 5.74) is 11.8. The number of ether oxygens (including phenoxy) is 2. The number of nitrogen functional groups attached to an aromatic ring is 1. The molecular formula is C35H32N6O2. The Labute approximate surface area is 249 Å². The Bertz CT molecular complexity index is 1910. The lowest BCUT2D eigenvalue weighted by atomic mass is 9.78. The van der Waals surface area contributed by atoms with Crippen LogP contribution in [0.25, 0.3) is 38.9 Å².